The molecule has 0 radical (unpaired) electrons. The van der Waals surface area contributed by atoms with Gasteiger partial charge in [0.15, 0.2) is 10.9 Å². The number of nitrogens with one attached hydrogen (secondary N) is 3. The summed E-state index contributed by atoms with van der Waals surface area (Å²) in [7, 11) is 0. The van der Waals surface area contributed by atoms with E-state index < -0.39 is 10.8 Å². The van der Waals surface area contributed by atoms with E-state index in [-0.39, 0.29) is 22.7 Å². The summed E-state index contributed by atoms with van der Waals surface area (Å²) in [6.45, 7) is 8.79. The fourth-order valence-electron chi connectivity index (χ4n) is 3.22. The molecular formula is C23H25N5O3S. The van der Waals surface area contributed by atoms with Crippen molar-refractivity contribution in [2.45, 2.75) is 45.0 Å². The predicted molar refractivity (Wildman–Crippen MR) is 127 cm³/mol. The van der Waals surface area contributed by atoms with Crippen molar-refractivity contribution in [2.75, 3.05) is 10.6 Å². The van der Waals surface area contributed by atoms with Crippen LogP contribution in [-0.4, -0.2) is 32.2 Å². The molecule has 9 heteroatoms. The van der Waals surface area contributed by atoms with Gasteiger partial charge in [-0.25, -0.2) is 0 Å². The lowest BCUT2D eigenvalue weighted by molar-refractivity contribution is -0.115. The molecule has 8 nitrogen and oxygen atoms in total. The Morgan fingerprint density at radius 1 is 1.03 bits per heavy atom. The summed E-state index contributed by atoms with van der Waals surface area (Å²) in [5.41, 5.74) is 4.10. The maximum Gasteiger partial charge on any atom is 0.278 e. The fourth-order valence-corrected chi connectivity index (χ4v) is 3.96. The number of hydrogen-bond donors (Lipinski definition) is 3. The number of aryl methyl sites for hydroxylation is 3. The van der Waals surface area contributed by atoms with E-state index in [0.717, 1.165) is 34.1 Å². The summed E-state index contributed by atoms with van der Waals surface area (Å²) >= 11 is 1.11. The van der Waals surface area contributed by atoms with Crippen LogP contribution in [0.1, 0.15) is 30.5 Å². The molecule has 0 saturated carbocycles. The first-order valence-electron chi connectivity index (χ1n) is 10.0. The first-order chi connectivity index (χ1) is 15.2. The van der Waals surface area contributed by atoms with E-state index in [1.807, 2.05) is 51.1 Å². The number of para-hydroxylation sites is 1. The Hall–Kier alpha value is -3.46. The largest absolute Gasteiger partial charge is 0.325 e. The molecule has 0 saturated heterocycles. The molecule has 1 atom stereocenters. The molecular weight excluding hydrogens is 426 g/mol. The van der Waals surface area contributed by atoms with Crippen LogP contribution in [0.4, 0.5) is 11.4 Å². The highest BCUT2D eigenvalue weighted by molar-refractivity contribution is 8.00. The van der Waals surface area contributed by atoms with Gasteiger partial charge >= 0.3 is 0 Å². The minimum atomic E-state index is -0.512. The van der Waals surface area contributed by atoms with E-state index in [2.05, 4.69) is 25.8 Å². The molecule has 2 amide bonds. The highest BCUT2D eigenvalue weighted by Gasteiger charge is 2.19. The third-order valence-corrected chi connectivity index (χ3v) is 5.75. The van der Waals surface area contributed by atoms with Crippen LogP contribution in [0.5, 0.6) is 0 Å². The third kappa shape index (κ3) is 5.42. The Balaban J connectivity index is 1.83. The number of carbonyl (C=O) groups is 2. The first-order valence-corrected chi connectivity index (χ1v) is 10.9. The van der Waals surface area contributed by atoms with Crippen molar-refractivity contribution in [3.05, 3.63) is 63.4 Å². The van der Waals surface area contributed by atoms with Gasteiger partial charge in [0.05, 0.1) is 10.9 Å². The SMILES string of the molecule is CC(=O)Nc1c(C)cc(C)cc1-c1nnc(S[C@@H](C)C(=O)Nc2ccccc2C)[nH]c1=O. The van der Waals surface area contributed by atoms with Crippen LogP contribution in [0.2, 0.25) is 0 Å². The summed E-state index contributed by atoms with van der Waals surface area (Å²) in [4.78, 5) is 39.7. The summed E-state index contributed by atoms with van der Waals surface area (Å²) < 4.78 is 0. The molecule has 1 heterocycles. The quantitative estimate of drug-likeness (QED) is 0.490. The molecule has 3 N–H and O–H groups in total. The van der Waals surface area contributed by atoms with Gasteiger partial charge in [-0.2, -0.15) is 0 Å². The Bertz CT molecular complexity index is 1240. The number of aromatic nitrogens is 3. The van der Waals surface area contributed by atoms with E-state index >= 15 is 0 Å². The lowest BCUT2D eigenvalue weighted by atomic mass is 10.0. The molecule has 32 heavy (non-hydrogen) atoms. The lowest BCUT2D eigenvalue weighted by Crippen LogP contribution is -2.24. The number of thioether (sulfide) groups is 1. The van der Waals surface area contributed by atoms with Gasteiger partial charge in [-0.15, -0.1) is 10.2 Å². The van der Waals surface area contributed by atoms with Crippen molar-refractivity contribution in [1.29, 1.82) is 0 Å². The van der Waals surface area contributed by atoms with E-state index in [0.29, 0.717) is 11.3 Å². The fraction of sp³-hybridized carbons (Fsp3) is 0.261. The Kier molecular flexibility index (Phi) is 7.09. The third-order valence-electron chi connectivity index (χ3n) is 4.77. The number of rotatable bonds is 6. The van der Waals surface area contributed by atoms with Gasteiger partial charge < -0.3 is 10.6 Å². The smallest absolute Gasteiger partial charge is 0.278 e. The van der Waals surface area contributed by atoms with Crippen LogP contribution in [0.25, 0.3) is 11.3 Å². The molecule has 0 fully saturated rings. The molecule has 0 aliphatic heterocycles. The second-order valence-corrected chi connectivity index (χ2v) is 8.89. The maximum absolute atomic E-state index is 12.8. The monoisotopic (exact) mass is 451 g/mol. The van der Waals surface area contributed by atoms with E-state index in [1.165, 1.54) is 6.92 Å². The van der Waals surface area contributed by atoms with Gasteiger partial charge in [-0.05, 0) is 51.0 Å². The van der Waals surface area contributed by atoms with E-state index in [4.69, 9.17) is 0 Å². The Morgan fingerprint density at radius 2 is 1.75 bits per heavy atom. The number of H-pyrrole nitrogens is 1. The average molecular weight is 452 g/mol. The molecule has 0 unspecified atom stereocenters. The molecule has 0 bridgehead atoms. The highest BCUT2D eigenvalue weighted by atomic mass is 32.2. The molecule has 0 aliphatic rings. The molecule has 2 aromatic carbocycles. The van der Waals surface area contributed by atoms with Gasteiger partial charge in [0.25, 0.3) is 5.56 Å². The standard InChI is InChI=1S/C23H25N5O3S/c1-12-10-14(3)19(24-16(5)29)17(11-12)20-22(31)26-23(28-27-20)32-15(4)21(30)25-18-9-7-6-8-13(18)2/h6-11,15H,1-5H3,(H,24,29)(H,25,30)(H,26,28,31)/t15-/m0/s1. The summed E-state index contributed by atoms with van der Waals surface area (Å²) in [5, 5.41) is 13.6. The predicted octanol–water partition coefficient (Wildman–Crippen LogP) is 3.83. The van der Waals surface area contributed by atoms with Gasteiger partial charge in [-0.3, -0.25) is 19.4 Å². The number of aromatic amines is 1. The highest BCUT2D eigenvalue weighted by Crippen LogP contribution is 2.30. The van der Waals surface area contributed by atoms with Crippen molar-refractivity contribution in [2.24, 2.45) is 0 Å². The number of benzene rings is 2. The Labute approximate surface area is 190 Å². The van der Waals surface area contributed by atoms with Crippen LogP contribution >= 0.6 is 11.8 Å². The maximum atomic E-state index is 12.8. The van der Waals surface area contributed by atoms with Gasteiger partial charge in [0.2, 0.25) is 11.8 Å². The molecule has 166 valence electrons. The zero-order valence-electron chi connectivity index (χ0n) is 18.6. The normalized spacial score (nSPS) is 11.7. The first kappa shape index (κ1) is 23.2. The molecule has 0 spiro atoms. The van der Waals surface area contributed by atoms with E-state index in [9.17, 15) is 14.4 Å². The molecule has 3 aromatic rings. The number of anilines is 2. The van der Waals surface area contributed by atoms with Crippen molar-refractivity contribution in [3.8, 4) is 11.3 Å². The lowest BCUT2D eigenvalue weighted by Gasteiger charge is -2.14. The topological polar surface area (TPSA) is 117 Å². The zero-order chi connectivity index (χ0) is 23.4. The summed E-state index contributed by atoms with van der Waals surface area (Å²) in [6, 6.07) is 11.2. The van der Waals surface area contributed by atoms with Crippen LogP contribution in [0.15, 0.2) is 46.3 Å². The number of nitrogens with zero attached hydrogens (tertiary/aromatic N) is 2. The molecule has 3 rings (SSSR count). The second-order valence-electron chi connectivity index (χ2n) is 7.56. The van der Waals surface area contributed by atoms with Crippen molar-refractivity contribution < 1.29 is 9.59 Å². The van der Waals surface area contributed by atoms with Crippen LogP contribution in [0.3, 0.4) is 0 Å². The zero-order valence-corrected chi connectivity index (χ0v) is 19.4. The number of hydrogen-bond acceptors (Lipinski definition) is 6. The minimum Gasteiger partial charge on any atom is -0.325 e. The minimum absolute atomic E-state index is 0.0990. The summed E-state index contributed by atoms with van der Waals surface area (Å²) in [5.74, 6) is -0.457. The van der Waals surface area contributed by atoms with Gasteiger partial charge in [0.1, 0.15) is 0 Å². The van der Waals surface area contributed by atoms with Crippen LogP contribution in [-0.2, 0) is 9.59 Å². The van der Waals surface area contributed by atoms with E-state index in [1.54, 1.807) is 13.0 Å². The second kappa shape index (κ2) is 9.78. The summed E-state index contributed by atoms with van der Waals surface area (Å²) in [6.07, 6.45) is 0. The van der Waals surface area contributed by atoms with Crippen molar-refractivity contribution in [3.63, 3.8) is 0 Å². The Morgan fingerprint density at radius 3 is 2.41 bits per heavy atom. The molecule has 0 aliphatic carbocycles. The van der Waals surface area contributed by atoms with Gasteiger partial charge in [0, 0.05) is 18.2 Å². The van der Waals surface area contributed by atoms with Gasteiger partial charge in [-0.1, -0.05) is 41.6 Å². The van der Waals surface area contributed by atoms with Crippen LogP contribution < -0.4 is 16.2 Å². The number of amides is 2. The van der Waals surface area contributed by atoms with Crippen LogP contribution in [0, 0.1) is 20.8 Å². The number of carbonyl (C=O) groups excluding carboxylic acids is 2. The molecule has 1 aromatic heterocycles. The van der Waals surface area contributed by atoms with Crippen molar-refractivity contribution in [1.82, 2.24) is 15.2 Å². The van der Waals surface area contributed by atoms with Crippen molar-refractivity contribution >= 4 is 35.0 Å². The average Bonchev–Trinajstić information content (AvgIpc) is 2.71.